The first-order chi connectivity index (χ1) is 14.6. The summed E-state index contributed by atoms with van der Waals surface area (Å²) in [5.74, 6) is 2.54. The van der Waals surface area contributed by atoms with Gasteiger partial charge < -0.3 is 19.9 Å². The summed E-state index contributed by atoms with van der Waals surface area (Å²) in [7, 11) is 3.91. The number of hydrogen-bond donors (Lipinski definition) is 1. The van der Waals surface area contributed by atoms with Crippen molar-refractivity contribution in [2.24, 2.45) is 5.92 Å². The highest BCUT2D eigenvalue weighted by Crippen LogP contribution is 2.35. The van der Waals surface area contributed by atoms with Crippen LogP contribution >= 0.6 is 11.3 Å². The lowest BCUT2D eigenvalue weighted by Crippen LogP contribution is -2.61. The van der Waals surface area contributed by atoms with Crippen LogP contribution in [0.1, 0.15) is 12.8 Å². The van der Waals surface area contributed by atoms with Crippen molar-refractivity contribution >= 4 is 39.2 Å². The van der Waals surface area contributed by atoms with Gasteiger partial charge in [-0.15, -0.1) is 11.3 Å². The molecule has 3 heterocycles. The molecule has 30 heavy (non-hydrogen) atoms. The van der Waals surface area contributed by atoms with E-state index in [0.29, 0.717) is 5.95 Å². The summed E-state index contributed by atoms with van der Waals surface area (Å²) in [6, 6.07) is 8.01. The minimum absolute atomic E-state index is 0.0204. The van der Waals surface area contributed by atoms with E-state index in [-0.39, 0.29) is 24.0 Å². The van der Waals surface area contributed by atoms with Crippen molar-refractivity contribution in [3.8, 4) is 5.75 Å². The quantitative estimate of drug-likeness (QED) is 0.650. The molecule has 1 aromatic carbocycles. The lowest BCUT2D eigenvalue weighted by atomic mass is 9.81. The second-order valence-electron chi connectivity index (χ2n) is 8.08. The predicted molar refractivity (Wildman–Crippen MR) is 117 cm³/mol. The second kappa shape index (κ2) is 7.71. The van der Waals surface area contributed by atoms with E-state index in [2.05, 4.69) is 25.2 Å². The number of nitrogens with zero attached hydrogens (tertiary/aromatic N) is 5. The Bertz CT molecular complexity index is 1060. The molecule has 2 aliphatic rings. The Morgan fingerprint density at radius 1 is 1.23 bits per heavy atom. The molecule has 156 valence electrons. The number of hydrogen-bond acceptors (Lipinski definition) is 8. The average Bonchev–Trinajstić information content (AvgIpc) is 3.16. The molecule has 1 saturated carbocycles. The van der Waals surface area contributed by atoms with Gasteiger partial charge in [0.15, 0.2) is 0 Å². The largest absolute Gasteiger partial charge is 0.488 e. The number of carbonyl (C=O) groups excluding carboxylic acids is 1. The molecular weight excluding hydrogens is 400 g/mol. The summed E-state index contributed by atoms with van der Waals surface area (Å²) in [4.78, 5) is 29.9. The maximum atomic E-state index is 12.6. The molecule has 9 heteroatoms. The summed E-state index contributed by atoms with van der Waals surface area (Å²) < 4.78 is 7.21. The molecule has 2 aromatic heterocycles. The maximum Gasteiger partial charge on any atom is 0.227 e. The Kier molecular flexibility index (Phi) is 4.90. The van der Waals surface area contributed by atoms with Crippen LogP contribution in [0.3, 0.4) is 0 Å². The van der Waals surface area contributed by atoms with Gasteiger partial charge in [-0.25, -0.2) is 9.97 Å². The lowest BCUT2D eigenvalue weighted by molar-refractivity contribution is -0.131. The number of rotatable bonds is 6. The molecule has 1 N–H and O–H groups in total. The van der Waals surface area contributed by atoms with Crippen molar-refractivity contribution in [3.63, 3.8) is 0 Å². The van der Waals surface area contributed by atoms with E-state index in [1.165, 1.54) is 0 Å². The number of benzene rings is 1. The number of carbonyl (C=O) groups is 1. The molecule has 2 fully saturated rings. The van der Waals surface area contributed by atoms with Gasteiger partial charge in [-0.3, -0.25) is 4.79 Å². The zero-order valence-corrected chi connectivity index (χ0v) is 17.8. The SMILES string of the molecule is CN(C)c1ccnc(N2CC(NC(=O)C3CC(Oc4cccc5scnc45)C3)C2)n1. The third kappa shape index (κ3) is 3.65. The molecular formula is C21H24N6O2S. The molecule has 1 saturated heterocycles. The first kappa shape index (κ1) is 19.0. The Morgan fingerprint density at radius 2 is 2.07 bits per heavy atom. The average molecular weight is 425 g/mol. The Hall–Kier alpha value is -2.94. The molecule has 1 aliphatic carbocycles. The van der Waals surface area contributed by atoms with E-state index in [9.17, 15) is 4.79 Å². The summed E-state index contributed by atoms with van der Waals surface area (Å²) in [5, 5.41) is 3.15. The van der Waals surface area contributed by atoms with Crippen LogP contribution in [-0.4, -0.2) is 60.2 Å². The van der Waals surface area contributed by atoms with Crippen LogP contribution in [0.5, 0.6) is 5.75 Å². The molecule has 0 bridgehead atoms. The Labute approximate surface area is 178 Å². The van der Waals surface area contributed by atoms with Gasteiger partial charge >= 0.3 is 0 Å². The second-order valence-corrected chi connectivity index (χ2v) is 8.97. The summed E-state index contributed by atoms with van der Waals surface area (Å²) >= 11 is 1.61. The van der Waals surface area contributed by atoms with Crippen LogP contribution in [0.2, 0.25) is 0 Å². The highest BCUT2D eigenvalue weighted by atomic mass is 32.1. The number of thiazole rings is 1. The fourth-order valence-electron chi connectivity index (χ4n) is 3.80. The molecule has 0 radical (unpaired) electrons. The zero-order chi connectivity index (χ0) is 20.7. The third-order valence-electron chi connectivity index (χ3n) is 5.68. The van der Waals surface area contributed by atoms with Crippen LogP contribution in [0.4, 0.5) is 11.8 Å². The zero-order valence-electron chi connectivity index (χ0n) is 17.0. The molecule has 3 aromatic rings. The molecule has 1 amide bonds. The minimum atomic E-state index is 0.0204. The van der Waals surface area contributed by atoms with Gasteiger partial charge in [0.25, 0.3) is 0 Å². The van der Waals surface area contributed by atoms with Crippen LogP contribution < -0.4 is 19.9 Å². The summed E-state index contributed by atoms with van der Waals surface area (Å²) in [5.41, 5.74) is 2.74. The number of anilines is 2. The molecule has 1 aliphatic heterocycles. The Morgan fingerprint density at radius 3 is 2.87 bits per heavy atom. The predicted octanol–water partition coefficient (Wildman–Crippen LogP) is 2.31. The third-order valence-corrected chi connectivity index (χ3v) is 6.47. The van der Waals surface area contributed by atoms with Gasteiger partial charge in [-0.05, 0) is 31.0 Å². The van der Waals surface area contributed by atoms with Crippen molar-refractivity contribution < 1.29 is 9.53 Å². The highest BCUT2D eigenvalue weighted by Gasteiger charge is 2.39. The number of para-hydroxylation sites is 1. The van der Waals surface area contributed by atoms with Crippen molar-refractivity contribution in [3.05, 3.63) is 36.0 Å². The molecule has 5 rings (SSSR count). The van der Waals surface area contributed by atoms with Crippen LogP contribution in [0.25, 0.3) is 10.2 Å². The normalized spacial score (nSPS) is 21.1. The Balaban J connectivity index is 1.08. The number of aromatic nitrogens is 3. The maximum absolute atomic E-state index is 12.6. The van der Waals surface area contributed by atoms with Gasteiger partial charge in [-0.2, -0.15) is 4.98 Å². The van der Waals surface area contributed by atoms with Crippen molar-refractivity contribution in [1.29, 1.82) is 0 Å². The van der Waals surface area contributed by atoms with Crippen LogP contribution in [0, 0.1) is 5.92 Å². The number of ether oxygens (including phenoxy) is 1. The van der Waals surface area contributed by atoms with Gasteiger partial charge in [0.05, 0.1) is 16.3 Å². The smallest absolute Gasteiger partial charge is 0.227 e. The molecule has 0 atom stereocenters. The highest BCUT2D eigenvalue weighted by molar-refractivity contribution is 7.16. The lowest BCUT2D eigenvalue weighted by Gasteiger charge is -2.41. The van der Waals surface area contributed by atoms with Gasteiger partial charge in [0, 0.05) is 39.3 Å². The van der Waals surface area contributed by atoms with Crippen LogP contribution in [-0.2, 0) is 4.79 Å². The van der Waals surface area contributed by atoms with Gasteiger partial charge in [0.1, 0.15) is 23.2 Å². The first-order valence-corrected chi connectivity index (χ1v) is 11.0. The van der Waals surface area contributed by atoms with Gasteiger partial charge in [-0.1, -0.05) is 6.07 Å². The monoisotopic (exact) mass is 424 g/mol. The molecule has 8 nitrogen and oxygen atoms in total. The van der Waals surface area contributed by atoms with E-state index >= 15 is 0 Å². The molecule has 0 spiro atoms. The number of fused-ring (bicyclic) bond motifs is 1. The number of amides is 1. The van der Waals surface area contributed by atoms with E-state index in [1.54, 1.807) is 17.5 Å². The van der Waals surface area contributed by atoms with Crippen molar-refractivity contribution in [2.75, 3.05) is 37.0 Å². The fourth-order valence-corrected chi connectivity index (χ4v) is 4.50. The van der Waals surface area contributed by atoms with E-state index in [0.717, 1.165) is 47.7 Å². The fraction of sp³-hybridized carbons (Fsp3) is 0.429. The summed E-state index contributed by atoms with van der Waals surface area (Å²) in [6.45, 7) is 1.47. The van der Waals surface area contributed by atoms with Crippen molar-refractivity contribution in [1.82, 2.24) is 20.3 Å². The van der Waals surface area contributed by atoms with Gasteiger partial charge in [0.2, 0.25) is 11.9 Å². The minimum Gasteiger partial charge on any atom is -0.488 e. The van der Waals surface area contributed by atoms with Crippen LogP contribution in [0.15, 0.2) is 36.0 Å². The van der Waals surface area contributed by atoms with Crippen molar-refractivity contribution in [2.45, 2.75) is 25.0 Å². The van der Waals surface area contributed by atoms with E-state index in [4.69, 9.17) is 4.74 Å². The topological polar surface area (TPSA) is 83.5 Å². The summed E-state index contributed by atoms with van der Waals surface area (Å²) in [6.07, 6.45) is 3.34. The van der Waals surface area contributed by atoms with E-state index < -0.39 is 0 Å². The first-order valence-electron chi connectivity index (χ1n) is 10.1. The number of nitrogens with one attached hydrogen (secondary N) is 1. The standard InChI is InChI=1S/C21H24N6O2S/c1-26(2)18-6-7-22-21(25-18)27-10-14(11-27)24-20(28)13-8-15(9-13)29-16-4-3-5-17-19(16)23-12-30-17/h3-7,12-15H,8-11H2,1-2H3,(H,24,28). The molecule has 0 unspecified atom stereocenters. The van der Waals surface area contributed by atoms with E-state index in [1.807, 2.05) is 48.8 Å².